The highest BCUT2D eigenvalue weighted by molar-refractivity contribution is 7.90. The van der Waals surface area contributed by atoms with Gasteiger partial charge in [0.05, 0.1) is 29.4 Å². The second kappa shape index (κ2) is 6.83. The topological polar surface area (TPSA) is 79.7 Å². The average Bonchev–Trinajstić information content (AvgIpc) is 3.17. The first kappa shape index (κ1) is 20.9. The Balaban J connectivity index is 1.95. The summed E-state index contributed by atoms with van der Waals surface area (Å²) >= 11 is 0. The molecule has 0 amide bonds. The van der Waals surface area contributed by atoms with Crippen LogP contribution < -0.4 is 10.2 Å². The van der Waals surface area contributed by atoms with Crippen LogP contribution in [0.5, 0.6) is 5.75 Å². The second-order valence-electron chi connectivity index (χ2n) is 8.52. The fraction of sp³-hybridized carbons (Fsp3) is 0.381. The summed E-state index contributed by atoms with van der Waals surface area (Å²) in [4.78, 5) is 4.41. The van der Waals surface area contributed by atoms with Crippen molar-refractivity contribution in [3.05, 3.63) is 48.4 Å². The predicted octanol–water partition coefficient (Wildman–Crippen LogP) is 2.89. The number of rotatable bonds is 4. The number of aromatic nitrogens is 2. The van der Waals surface area contributed by atoms with Crippen LogP contribution in [0.2, 0.25) is 0 Å². The summed E-state index contributed by atoms with van der Waals surface area (Å²) in [6, 6.07) is 6.73. The zero-order valence-corrected chi connectivity index (χ0v) is 18.8. The van der Waals surface area contributed by atoms with Crippen LogP contribution in [0.15, 0.2) is 47.8 Å². The van der Waals surface area contributed by atoms with E-state index in [2.05, 4.69) is 4.98 Å². The highest BCUT2D eigenvalue weighted by Gasteiger charge is 2.52. The molecular weight excluding hydrogens is 403 g/mol. The number of hydrogen-bond acceptors (Lipinski definition) is 6. The van der Waals surface area contributed by atoms with E-state index >= 15 is 0 Å². The van der Waals surface area contributed by atoms with Gasteiger partial charge >= 0.3 is 7.12 Å². The van der Waals surface area contributed by atoms with E-state index in [9.17, 15) is 8.42 Å². The van der Waals surface area contributed by atoms with Crippen LogP contribution >= 0.6 is 0 Å². The first-order valence-electron chi connectivity index (χ1n) is 9.69. The van der Waals surface area contributed by atoms with Crippen LogP contribution in [0.1, 0.15) is 33.3 Å². The van der Waals surface area contributed by atoms with E-state index in [1.165, 1.54) is 17.3 Å². The number of hydrogen-bond donors (Lipinski definition) is 0. The van der Waals surface area contributed by atoms with Gasteiger partial charge in [0, 0.05) is 23.2 Å². The molecule has 3 aromatic rings. The Hall–Kier alpha value is -2.36. The summed E-state index contributed by atoms with van der Waals surface area (Å²) in [6.45, 7) is 9.72. The maximum absolute atomic E-state index is 13.5. The third kappa shape index (κ3) is 3.12. The van der Waals surface area contributed by atoms with E-state index in [-0.39, 0.29) is 4.90 Å². The van der Waals surface area contributed by atoms with Gasteiger partial charge in [-0.2, -0.15) is 0 Å². The summed E-state index contributed by atoms with van der Waals surface area (Å²) in [6.07, 6.45) is 4.66. The molecule has 0 N–H and O–H groups in total. The molecule has 9 heteroatoms. The van der Waals surface area contributed by atoms with Gasteiger partial charge in [-0.1, -0.05) is 17.7 Å². The van der Waals surface area contributed by atoms with Crippen molar-refractivity contribution < 1.29 is 22.5 Å². The van der Waals surface area contributed by atoms with Crippen molar-refractivity contribution in [3.8, 4) is 5.75 Å². The van der Waals surface area contributed by atoms with E-state index in [0.29, 0.717) is 22.1 Å². The lowest BCUT2D eigenvalue weighted by atomic mass is 9.79. The Morgan fingerprint density at radius 2 is 1.63 bits per heavy atom. The molecule has 3 heterocycles. The number of pyridine rings is 1. The van der Waals surface area contributed by atoms with Gasteiger partial charge in [-0.15, -0.1) is 0 Å². The Kier molecular flexibility index (Phi) is 4.76. The third-order valence-electron chi connectivity index (χ3n) is 5.98. The lowest BCUT2D eigenvalue weighted by molar-refractivity contribution is 0.00578. The number of ether oxygens (including phenoxy) is 1. The van der Waals surface area contributed by atoms with Crippen molar-refractivity contribution in [2.75, 3.05) is 7.11 Å². The number of nitrogens with zero attached hydrogens (tertiary/aromatic N) is 2. The molecule has 158 valence electrons. The Bertz CT molecular complexity index is 1200. The van der Waals surface area contributed by atoms with Gasteiger partial charge in [-0.3, -0.25) is 4.98 Å². The van der Waals surface area contributed by atoms with E-state index in [1.54, 1.807) is 36.7 Å². The molecule has 1 aliphatic heterocycles. The normalized spacial score (nSPS) is 18.1. The maximum atomic E-state index is 13.5. The van der Waals surface area contributed by atoms with Gasteiger partial charge in [0.25, 0.3) is 10.0 Å². The van der Waals surface area contributed by atoms with Crippen molar-refractivity contribution in [2.45, 2.75) is 50.7 Å². The fourth-order valence-corrected chi connectivity index (χ4v) is 4.84. The molecule has 1 saturated heterocycles. The lowest BCUT2D eigenvalue weighted by Gasteiger charge is -2.32. The van der Waals surface area contributed by atoms with Gasteiger partial charge < -0.3 is 14.0 Å². The number of fused-ring (bicyclic) bond motifs is 1. The second-order valence-corrected chi connectivity index (χ2v) is 10.3. The quantitative estimate of drug-likeness (QED) is 0.595. The zero-order valence-electron chi connectivity index (χ0n) is 18.0. The van der Waals surface area contributed by atoms with E-state index in [1.807, 2.05) is 34.6 Å². The van der Waals surface area contributed by atoms with Gasteiger partial charge in [0.2, 0.25) is 0 Å². The molecule has 0 saturated carbocycles. The molecule has 0 aliphatic carbocycles. The molecule has 2 aromatic heterocycles. The summed E-state index contributed by atoms with van der Waals surface area (Å²) in [5.74, 6) is 0.353. The molecule has 0 radical (unpaired) electrons. The van der Waals surface area contributed by atoms with Gasteiger partial charge in [-0.25, -0.2) is 12.4 Å². The minimum atomic E-state index is -3.88. The monoisotopic (exact) mass is 428 g/mol. The van der Waals surface area contributed by atoms with Crippen LogP contribution in [-0.4, -0.2) is 42.8 Å². The average molecular weight is 428 g/mol. The van der Waals surface area contributed by atoms with E-state index in [4.69, 9.17) is 14.0 Å². The van der Waals surface area contributed by atoms with Gasteiger partial charge in [0.15, 0.2) is 5.75 Å². The van der Waals surface area contributed by atoms with Crippen molar-refractivity contribution in [3.63, 3.8) is 0 Å². The smallest absolute Gasteiger partial charge is 0.493 e. The number of methoxy groups -OCH3 is 1. The Labute approximate surface area is 177 Å². The molecule has 30 heavy (non-hydrogen) atoms. The third-order valence-corrected chi connectivity index (χ3v) is 7.65. The minimum Gasteiger partial charge on any atom is -0.493 e. The molecule has 7 nitrogen and oxygen atoms in total. The Morgan fingerprint density at radius 3 is 2.20 bits per heavy atom. The van der Waals surface area contributed by atoms with E-state index in [0.717, 1.165) is 5.56 Å². The number of benzene rings is 1. The van der Waals surface area contributed by atoms with E-state index < -0.39 is 28.3 Å². The van der Waals surface area contributed by atoms with Crippen molar-refractivity contribution in [1.82, 2.24) is 8.96 Å². The molecule has 0 unspecified atom stereocenters. The van der Waals surface area contributed by atoms with Crippen molar-refractivity contribution >= 4 is 33.5 Å². The molecule has 1 aromatic carbocycles. The van der Waals surface area contributed by atoms with Crippen LogP contribution in [0, 0.1) is 6.92 Å². The molecule has 4 rings (SSSR count). The highest BCUT2D eigenvalue weighted by atomic mass is 32.2. The first-order chi connectivity index (χ1) is 14.0. The molecule has 0 spiro atoms. The van der Waals surface area contributed by atoms with Crippen LogP contribution in [0.4, 0.5) is 0 Å². The summed E-state index contributed by atoms with van der Waals surface area (Å²) in [7, 11) is -3.13. The first-order valence-corrected chi connectivity index (χ1v) is 11.1. The van der Waals surface area contributed by atoms with Gasteiger partial charge in [0.1, 0.15) is 5.52 Å². The van der Waals surface area contributed by atoms with Gasteiger partial charge in [-0.05, 0) is 46.8 Å². The summed E-state index contributed by atoms with van der Waals surface area (Å²) in [5.41, 5.74) is 0.845. The largest absolute Gasteiger partial charge is 0.497 e. The molecule has 0 bridgehead atoms. The van der Waals surface area contributed by atoms with Crippen molar-refractivity contribution in [1.29, 1.82) is 0 Å². The molecule has 0 atom stereocenters. The summed E-state index contributed by atoms with van der Waals surface area (Å²) in [5, 5.41) is 0.600. The molecule has 1 aliphatic rings. The van der Waals surface area contributed by atoms with Crippen molar-refractivity contribution in [2.24, 2.45) is 0 Å². The Morgan fingerprint density at radius 1 is 1.03 bits per heavy atom. The fourth-order valence-electron chi connectivity index (χ4n) is 3.45. The molecule has 1 fully saturated rings. The lowest BCUT2D eigenvalue weighted by Crippen LogP contribution is -2.41. The maximum Gasteiger partial charge on any atom is 0.497 e. The SMILES string of the molecule is COc1cncc2c(B3OC(C)(C)C(C)(C)O3)cn(S(=O)(=O)c3ccc(C)cc3)c12. The predicted molar refractivity (Wildman–Crippen MR) is 116 cm³/mol. The minimum absolute atomic E-state index is 0.185. The van der Waals surface area contributed by atoms with Crippen LogP contribution in [-0.2, 0) is 19.3 Å². The van der Waals surface area contributed by atoms with Crippen LogP contribution in [0.3, 0.4) is 0 Å². The molecular formula is C21H25BN2O5S. The number of aryl methyl sites for hydroxylation is 1. The highest BCUT2D eigenvalue weighted by Crippen LogP contribution is 2.38. The standard InChI is InChI=1S/C21H25BN2O5S/c1-14-7-9-15(10-8-14)30(25,26)24-13-17(16-11-23-12-18(27-6)19(16)24)22-28-20(2,3)21(4,5)29-22/h7-13H,1-6H3. The summed E-state index contributed by atoms with van der Waals surface area (Å²) < 4.78 is 46.1. The van der Waals surface area contributed by atoms with Crippen LogP contribution in [0.25, 0.3) is 10.9 Å². The zero-order chi connectivity index (χ0) is 21.9.